The molecule has 0 aromatic rings. The second-order valence-corrected chi connectivity index (χ2v) is 11.7. The summed E-state index contributed by atoms with van der Waals surface area (Å²) in [5, 5.41) is 61.4. The van der Waals surface area contributed by atoms with Crippen molar-refractivity contribution in [3.05, 3.63) is 0 Å². The lowest BCUT2D eigenvalue weighted by Gasteiger charge is -2.47. The smallest absolute Gasteiger partial charge is 0.332 e. The van der Waals surface area contributed by atoms with Gasteiger partial charge in [-0.15, -0.1) is 0 Å². The first-order valence-corrected chi connectivity index (χ1v) is 14.1. The Morgan fingerprint density at radius 1 is 0.821 bits per heavy atom. The van der Waals surface area contributed by atoms with Crippen LogP contribution in [-0.2, 0) is 33.2 Å². The van der Waals surface area contributed by atoms with Gasteiger partial charge in [0.2, 0.25) is 0 Å². The van der Waals surface area contributed by atoms with Gasteiger partial charge in [0.15, 0.2) is 18.7 Å². The molecule has 3 saturated heterocycles. The number of rotatable bonds is 6. The van der Waals surface area contributed by atoms with Crippen molar-refractivity contribution in [2.45, 2.75) is 138 Å². The zero-order valence-electron chi connectivity index (χ0n) is 22.2. The SMILES string of the molecule is CC1CCCC(OC2OC(CO)C(O)C3OC(C(=O)O)CCC4CC4OC23)C1OC1OC(C)C(O)C(O)C1O. The van der Waals surface area contributed by atoms with Gasteiger partial charge in [0.1, 0.15) is 42.7 Å². The van der Waals surface area contributed by atoms with Gasteiger partial charge in [-0.05, 0) is 50.9 Å². The molecule has 0 amide bonds. The van der Waals surface area contributed by atoms with Gasteiger partial charge in [-0.25, -0.2) is 4.79 Å². The monoisotopic (exact) mass is 562 g/mol. The fourth-order valence-corrected chi connectivity index (χ4v) is 6.30. The van der Waals surface area contributed by atoms with Gasteiger partial charge in [-0.1, -0.05) is 13.3 Å². The van der Waals surface area contributed by atoms with Crippen LogP contribution in [0.2, 0.25) is 0 Å². The van der Waals surface area contributed by atoms with E-state index in [0.29, 0.717) is 12.8 Å². The average molecular weight is 563 g/mol. The molecular formula is C26H42O13. The van der Waals surface area contributed by atoms with E-state index < -0.39 is 92.3 Å². The Morgan fingerprint density at radius 3 is 2.31 bits per heavy atom. The minimum atomic E-state index is -1.47. The Labute approximate surface area is 226 Å². The number of ether oxygens (including phenoxy) is 6. The molecule has 0 aromatic heterocycles. The van der Waals surface area contributed by atoms with Gasteiger partial charge in [0.25, 0.3) is 0 Å². The van der Waals surface area contributed by atoms with Crippen LogP contribution in [0.25, 0.3) is 0 Å². The highest BCUT2D eigenvalue weighted by molar-refractivity contribution is 5.72. The zero-order chi connectivity index (χ0) is 28.0. The number of carboxylic acids is 1. The average Bonchev–Trinajstić information content (AvgIpc) is 3.64. The summed E-state index contributed by atoms with van der Waals surface area (Å²) in [5.41, 5.74) is 0. The molecule has 224 valence electrons. The number of aliphatic carboxylic acids is 1. The van der Waals surface area contributed by atoms with E-state index in [1.54, 1.807) is 6.92 Å². The van der Waals surface area contributed by atoms with Crippen LogP contribution in [0.3, 0.4) is 0 Å². The van der Waals surface area contributed by atoms with Gasteiger partial charge in [0.05, 0.1) is 31.0 Å². The third-order valence-corrected chi connectivity index (χ3v) is 8.87. The maximum Gasteiger partial charge on any atom is 0.332 e. The fraction of sp³-hybridized carbons (Fsp3) is 0.962. The standard InChI is InChI=1S/C26H42O13/c1-10-4-3-5-13(21(10)39-25-20(31)19(30)17(28)11(2)34-25)37-26-23-22(18(29)16(9-27)38-26)35-14(24(32)33)7-6-12-8-15(12)36-23/h10-23,25-31H,3-9H2,1-2H3,(H,32,33). The molecule has 3 aliphatic heterocycles. The summed E-state index contributed by atoms with van der Waals surface area (Å²) < 4.78 is 36.5. The highest BCUT2D eigenvalue weighted by Gasteiger charge is 2.55. The lowest BCUT2D eigenvalue weighted by molar-refractivity contribution is -0.353. The maximum absolute atomic E-state index is 11.9. The normalized spacial score (nSPS) is 52.5. The van der Waals surface area contributed by atoms with E-state index in [1.807, 2.05) is 6.92 Å². The molecule has 5 fully saturated rings. The molecule has 16 unspecified atom stereocenters. The molecule has 2 saturated carbocycles. The first-order valence-electron chi connectivity index (χ1n) is 14.1. The summed E-state index contributed by atoms with van der Waals surface area (Å²) in [6.45, 7) is 3.01. The second-order valence-electron chi connectivity index (χ2n) is 11.7. The van der Waals surface area contributed by atoms with Crippen LogP contribution in [-0.4, -0.2) is 129 Å². The van der Waals surface area contributed by atoms with Crippen LogP contribution in [0.4, 0.5) is 0 Å². The second kappa shape index (κ2) is 12.1. The minimum absolute atomic E-state index is 0.0284. The zero-order valence-corrected chi connectivity index (χ0v) is 22.2. The molecule has 0 bridgehead atoms. The third kappa shape index (κ3) is 6.14. The first-order chi connectivity index (χ1) is 18.6. The van der Waals surface area contributed by atoms with Crippen molar-refractivity contribution < 1.29 is 63.9 Å². The summed E-state index contributed by atoms with van der Waals surface area (Å²) in [6.07, 6.45) is -10.3. The molecule has 5 rings (SSSR count). The van der Waals surface area contributed by atoms with E-state index in [4.69, 9.17) is 28.4 Å². The van der Waals surface area contributed by atoms with Crippen LogP contribution in [0.1, 0.15) is 52.4 Å². The molecule has 0 spiro atoms. The minimum Gasteiger partial charge on any atom is -0.479 e. The fourth-order valence-electron chi connectivity index (χ4n) is 6.30. The lowest BCUT2D eigenvalue weighted by Crippen LogP contribution is -2.63. The molecular weight excluding hydrogens is 520 g/mol. The van der Waals surface area contributed by atoms with Crippen LogP contribution in [0.15, 0.2) is 0 Å². The van der Waals surface area contributed by atoms with Crippen LogP contribution in [0.5, 0.6) is 0 Å². The summed E-state index contributed by atoms with van der Waals surface area (Å²) in [4.78, 5) is 11.9. The Bertz CT molecular complexity index is 845. The molecule has 5 aliphatic rings. The molecule has 6 N–H and O–H groups in total. The van der Waals surface area contributed by atoms with Crippen LogP contribution in [0, 0.1) is 11.8 Å². The summed E-state index contributed by atoms with van der Waals surface area (Å²) in [6, 6.07) is 0. The van der Waals surface area contributed by atoms with Gasteiger partial charge in [-0.3, -0.25) is 0 Å². The van der Waals surface area contributed by atoms with Crippen molar-refractivity contribution in [2.24, 2.45) is 11.8 Å². The van der Waals surface area contributed by atoms with E-state index >= 15 is 0 Å². The van der Waals surface area contributed by atoms with Crippen molar-refractivity contribution in [3.63, 3.8) is 0 Å². The highest BCUT2D eigenvalue weighted by atomic mass is 16.7. The molecule has 3 heterocycles. The van der Waals surface area contributed by atoms with E-state index in [-0.39, 0.29) is 24.4 Å². The molecule has 13 nitrogen and oxygen atoms in total. The molecule has 13 heteroatoms. The van der Waals surface area contributed by atoms with Crippen LogP contribution < -0.4 is 0 Å². The summed E-state index contributed by atoms with van der Waals surface area (Å²) in [7, 11) is 0. The Morgan fingerprint density at radius 2 is 1.59 bits per heavy atom. The van der Waals surface area contributed by atoms with Crippen molar-refractivity contribution >= 4 is 5.97 Å². The van der Waals surface area contributed by atoms with Crippen molar-refractivity contribution in [1.82, 2.24) is 0 Å². The van der Waals surface area contributed by atoms with Gasteiger partial charge in [-0.2, -0.15) is 0 Å². The lowest BCUT2D eigenvalue weighted by atomic mass is 9.85. The number of hydrogen-bond donors (Lipinski definition) is 6. The number of carboxylic acid groups (broad SMARTS) is 1. The number of carbonyl (C=O) groups is 1. The topological polar surface area (TPSA) is 194 Å². The predicted molar refractivity (Wildman–Crippen MR) is 129 cm³/mol. The number of fused-ring (bicyclic) bond motifs is 2. The van der Waals surface area contributed by atoms with E-state index in [2.05, 4.69) is 0 Å². The van der Waals surface area contributed by atoms with E-state index in [0.717, 1.165) is 19.3 Å². The first kappa shape index (κ1) is 29.5. The van der Waals surface area contributed by atoms with Crippen molar-refractivity contribution in [3.8, 4) is 0 Å². The highest BCUT2D eigenvalue weighted by Crippen LogP contribution is 2.44. The van der Waals surface area contributed by atoms with Crippen molar-refractivity contribution in [1.29, 1.82) is 0 Å². The molecule has 16 atom stereocenters. The number of aliphatic hydroxyl groups excluding tert-OH is 5. The molecule has 0 radical (unpaired) electrons. The van der Waals surface area contributed by atoms with Crippen LogP contribution >= 0.6 is 0 Å². The largest absolute Gasteiger partial charge is 0.479 e. The third-order valence-electron chi connectivity index (χ3n) is 8.87. The summed E-state index contributed by atoms with van der Waals surface area (Å²) >= 11 is 0. The van der Waals surface area contributed by atoms with E-state index in [1.165, 1.54) is 0 Å². The Hall–Kier alpha value is -0.970. The van der Waals surface area contributed by atoms with Gasteiger partial charge >= 0.3 is 5.97 Å². The quantitative estimate of drug-likeness (QED) is 0.228. The van der Waals surface area contributed by atoms with Crippen molar-refractivity contribution in [2.75, 3.05) is 6.61 Å². The van der Waals surface area contributed by atoms with Gasteiger partial charge in [0, 0.05) is 0 Å². The molecule has 39 heavy (non-hydrogen) atoms. The predicted octanol–water partition coefficient (Wildman–Crippen LogP) is -1.11. The Balaban J connectivity index is 1.36. The number of hydrogen-bond acceptors (Lipinski definition) is 12. The number of aliphatic hydroxyl groups is 5. The van der Waals surface area contributed by atoms with Gasteiger partial charge < -0.3 is 59.1 Å². The molecule has 2 aliphatic carbocycles. The van der Waals surface area contributed by atoms with E-state index in [9.17, 15) is 35.4 Å². The summed E-state index contributed by atoms with van der Waals surface area (Å²) in [5.74, 6) is -0.979. The maximum atomic E-state index is 11.9. The Kier molecular flexibility index (Phi) is 9.16. The molecule has 0 aromatic carbocycles.